The smallest absolute Gasteiger partial charge is 0.255 e. The highest BCUT2D eigenvalue weighted by Crippen LogP contribution is 2.17. The Bertz CT molecular complexity index is 448. The molecule has 1 fully saturated rings. The molecule has 1 aromatic heterocycles. The Hall–Kier alpha value is -1.78. The van der Waals surface area contributed by atoms with E-state index in [-0.39, 0.29) is 17.9 Å². The number of furan rings is 1. The fraction of sp³-hybridized carbons (Fsp3) is 0.625. The molecule has 5 heteroatoms. The molecule has 0 saturated heterocycles. The maximum Gasteiger partial charge on any atom is 0.255 e. The minimum Gasteiger partial charge on any atom is -0.472 e. The van der Waals surface area contributed by atoms with Crippen molar-refractivity contribution in [2.75, 3.05) is 0 Å². The predicted octanol–water partition coefficient (Wildman–Crippen LogP) is 2.63. The van der Waals surface area contributed by atoms with Crippen molar-refractivity contribution in [1.82, 2.24) is 10.6 Å². The summed E-state index contributed by atoms with van der Waals surface area (Å²) in [5, 5.41) is 5.75. The van der Waals surface area contributed by atoms with Gasteiger partial charge in [0.15, 0.2) is 0 Å². The lowest BCUT2D eigenvalue weighted by molar-refractivity contribution is -0.123. The Morgan fingerprint density at radius 2 is 1.86 bits per heavy atom. The molecular formula is C16H24N2O3. The summed E-state index contributed by atoms with van der Waals surface area (Å²) in [6.45, 7) is 1.70. The topological polar surface area (TPSA) is 71.3 Å². The SMILES string of the molecule is C[C@H](NC(=O)c1ccoc1)C(=O)NC1CCCCCCC1. The van der Waals surface area contributed by atoms with Gasteiger partial charge in [0, 0.05) is 6.04 Å². The summed E-state index contributed by atoms with van der Waals surface area (Å²) >= 11 is 0. The summed E-state index contributed by atoms with van der Waals surface area (Å²) < 4.78 is 4.86. The summed E-state index contributed by atoms with van der Waals surface area (Å²) in [7, 11) is 0. The van der Waals surface area contributed by atoms with E-state index >= 15 is 0 Å². The molecule has 2 N–H and O–H groups in total. The van der Waals surface area contributed by atoms with Crippen LogP contribution in [0.4, 0.5) is 0 Å². The highest BCUT2D eigenvalue weighted by atomic mass is 16.3. The second-order valence-corrected chi connectivity index (χ2v) is 5.76. The largest absolute Gasteiger partial charge is 0.472 e. The van der Waals surface area contributed by atoms with Crippen molar-refractivity contribution >= 4 is 11.8 Å². The molecule has 5 nitrogen and oxygen atoms in total. The summed E-state index contributed by atoms with van der Waals surface area (Å²) in [5.41, 5.74) is 0.431. The van der Waals surface area contributed by atoms with Gasteiger partial charge in [-0.05, 0) is 25.8 Å². The number of nitrogens with one attached hydrogen (secondary N) is 2. The zero-order valence-electron chi connectivity index (χ0n) is 12.6. The quantitative estimate of drug-likeness (QED) is 0.896. The molecule has 2 amide bonds. The van der Waals surface area contributed by atoms with E-state index in [0.29, 0.717) is 5.56 Å². The van der Waals surface area contributed by atoms with Gasteiger partial charge in [-0.1, -0.05) is 32.1 Å². The van der Waals surface area contributed by atoms with Gasteiger partial charge in [-0.25, -0.2) is 0 Å². The van der Waals surface area contributed by atoms with Crippen LogP contribution in [0.3, 0.4) is 0 Å². The van der Waals surface area contributed by atoms with E-state index in [2.05, 4.69) is 10.6 Å². The number of carbonyl (C=O) groups excluding carboxylic acids is 2. The van der Waals surface area contributed by atoms with Gasteiger partial charge in [-0.3, -0.25) is 9.59 Å². The summed E-state index contributed by atoms with van der Waals surface area (Å²) in [5.74, 6) is -0.401. The zero-order valence-corrected chi connectivity index (χ0v) is 12.6. The molecule has 0 bridgehead atoms. The van der Waals surface area contributed by atoms with E-state index in [1.165, 1.54) is 44.6 Å². The van der Waals surface area contributed by atoms with E-state index in [4.69, 9.17) is 4.42 Å². The van der Waals surface area contributed by atoms with Crippen LogP contribution < -0.4 is 10.6 Å². The molecule has 0 aromatic carbocycles. The van der Waals surface area contributed by atoms with Crippen molar-refractivity contribution in [2.45, 2.75) is 64.0 Å². The fourth-order valence-electron chi connectivity index (χ4n) is 2.67. The monoisotopic (exact) mass is 292 g/mol. The first-order chi connectivity index (χ1) is 10.2. The van der Waals surface area contributed by atoms with E-state index < -0.39 is 6.04 Å². The van der Waals surface area contributed by atoms with Crippen molar-refractivity contribution in [2.24, 2.45) is 0 Å². The number of rotatable bonds is 4. The number of carbonyl (C=O) groups is 2. The number of amides is 2. The standard InChI is InChI=1S/C16H24N2O3/c1-12(17-16(20)13-9-10-21-11-13)15(19)18-14-7-5-3-2-4-6-8-14/h9-12,14H,2-8H2,1H3,(H,17,20)(H,18,19)/t12-/m0/s1. The Kier molecular flexibility index (Phi) is 5.84. The van der Waals surface area contributed by atoms with Crippen LogP contribution in [0, 0.1) is 0 Å². The van der Waals surface area contributed by atoms with E-state index in [9.17, 15) is 9.59 Å². The zero-order chi connectivity index (χ0) is 15.1. The molecule has 1 atom stereocenters. The predicted molar refractivity (Wildman–Crippen MR) is 79.9 cm³/mol. The van der Waals surface area contributed by atoms with Crippen molar-refractivity contribution in [3.05, 3.63) is 24.2 Å². The molecule has 0 radical (unpaired) electrons. The molecule has 0 spiro atoms. The van der Waals surface area contributed by atoms with Gasteiger partial charge in [0.25, 0.3) is 5.91 Å². The van der Waals surface area contributed by atoms with Crippen molar-refractivity contribution in [1.29, 1.82) is 0 Å². The molecule has 1 aliphatic rings. The van der Waals surface area contributed by atoms with Crippen LogP contribution in [0.25, 0.3) is 0 Å². The minimum absolute atomic E-state index is 0.114. The molecule has 116 valence electrons. The van der Waals surface area contributed by atoms with E-state index in [1.807, 2.05) is 0 Å². The molecule has 1 aromatic rings. The normalized spacial score (nSPS) is 18.3. The first-order valence-corrected chi connectivity index (χ1v) is 7.80. The third-order valence-electron chi connectivity index (χ3n) is 3.98. The van der Waals surface area contributed by atoms with Gasteiger partial charge < -0.3 is 15.1 Å². The van der Waals surface area contributed by atoms with Gasteiger partial charge in [-0.15, -0.1) is 0 Å². The van der Waals surface area contributed by atoms with Gasteiger partial charge in [-0.2, -0.15) is 0 Å². The molecule has 21 heavy (non-hydrogen) atoms. The highest BCUT2D eigenvalue weighted by molar-refractivity contribution is 5.97. The lowest BCUT2D eigenvalue weighted by Crippen LogP contribution is -2.48. The lowest BCUT2D eigenvalue weighted by Gasteiger charge is -2.23. The average molecular weight is 292 g/mol. The molecular weight excluding hydrogens is 268 g/mol. The maximum absolute atomic E-state index is 12.2. The number of hydrogen-bond acceptors (Lipinski definition) is 3. The van der Waals surface area contributed by atoms with Gasteiger partial charge in [0.2, 0.25) is 5.91 Å². The Morgan fingerprint density at radius 1 is 1.19 bits per heavy atom. The average Bonchev–Trinajstić information content (AvgIpc) is 2.95. The summed E-state index contributed by atoms with van der Waals surface area (Å²) in [6.07, 6.45) is 11.0. The highest BCUT2D eigenvalue weighted by Gasteiger charge is 2.20. The molecule has 1 saturated carbocycles. The van der Waals surface area contributed by atoms with Gasteiger partial charge in [0.05, 0.1) is 11.8 Å². The Balaban J connectivity index is 1.79. The maximum atomic E-state index is 12.2. The third-order valence-corrected chi connectivity index (χ3v) is 3.98. The number of hydrogen-bond donors (Lipinski definition) is 2. The molecule has 1 aliphatic carbocycles. The van der Waals surface area contributed by atoms with Crippen LogP contribution in [-0.4, -0.2) is 23.9 Å². The minimum atomic E-state index is -0.544. The van der Waals surface area contributed by atoms with Crippen LogP contribution in [0.2, 0.25) is 0 Å². The molecule has 1 heterocycles. The summed E-state index contributed by atoms with van der Waals surface area (Å²) in [4.78, 5) is 24.0. The molecule has 2 rings (SSSR count). The molecule has 0 unspecified atom stereocenters. The van der Waals surface area contributed by atoms with Crippen LogP contribution in [0.1, 0.15) is 62.2 Å². The van der Waals surface area contributed by atoms with Gasteiger partial charge in [0.1, 0.15) is 12.3 Å². The van der Waals surface area contributed by atoms with Crippen molar-refractivity contribution in [3.63, 3.8) is 0 Å². The van der Waals surface area contributed by atoms with Crippen molar-refractivity contribution < 1.29 is 14.0 Å². The van der Waals surface area contributed by atoms with E-state index in [0.717, 1.165) is 12.8 Å². The first kappa shape index (κ1) is 15.6. The van der Waals surface area contributed by atoms with Crippen LogP contribution in [0.5, 0.6) is 0 Å². The van der Waals surface area contributed by atoms with Crippen LogP contribution >= 0.6 is 0 Å². The van der Waals surface area contributed by atoms with Crippen molar-refractivity contribution in [3.8, 4) is 0 Å². The Morgan fingerprint density at radius 3 is 2.48 bits per heavy atom. The van der Waals surface area contributed by atoms with Crippen LogP contribution in [-0.2, 0) is 4.79 Å². The molecule has 0 aliphatic heterocycles. The second kappa shape index (κ2) is 7.86. The van der Waals surface area contributed by atoms with E-state index in [1.54, 1.807) is 13.0 Å². The lowest BCUT2D eigenvalue weighted by atomic mass is 9.96. The third kappa shape index (κ3) is 4.92. The second-order valence-electron chi connectivity index (χ2n) is 5.76. The van der Waals surface area contributed by atoms with Gasteiger partial charge >= 0.3 is 0 Å². The van der Waals surface area contributed by atoms with Crippen LogP contribution in [0.15, 0.2) is 23.0 Å². The fourth-order valence-corrected chi connectivity index (χ4v) is 2.67. The first-order valence-electron chi connectivity index (χ1n) is 7.80. The summed E-state index contributed by atoms with van der Waals surface area (Å²) in [6, 6.07) is 1.28. The Labute approximate surface area is 125 Å².